The van der Waals surface area contributed by atoms with E-state index in [4.69, 9.17) is 0 Å². The average Bonchev–Trinajstić information content (AvgIpc) is 2.45. The first-order valence-corrected chi connectivity index (χ1v) is 32.4. The summed E-state index contributed by atoms with van der Waals surface area (Å²) >= 11 is 0. The van der Waals surface area contributed by atoms with Gasteiger partial charge in [-0.2, -0.15) is 0 Å². The summed E-state index contributed by atoms with van der Waals surface area (Å²) in [7, 11) is -5.37. The Morgan fingerprint density at radius 2 is 0.467 bits per heavy atom. The Morgan fingerprint density at radius 3 is 0.533 bits per heavy atom. The molecule has 0 aliphatic rings. The fraction of sp³-hybridized carbons (Fsp3) is 1.00. The molecule has 0 unspecified atom stereocenters. The van der Waals surface area contributed by atoms with Crippen LogP contribution in [0.5, 0.6) is 0 Å². The molecule has 0 fully saturated rings. The molecule has 0 atom stereocenters. The van der Waals surface area contributed by atoms with Crippen LogP contribution < -0.4 is 0 Å². The molecule has 0 aromatic heterocycles. The third-order valence-corrected chi connectivity index (χ3v) is 112. The van der Waals surface area contributed by atoms with Crippen LogP contribution >= 0.6 is 0 Å². The van der Waals surface area contributed by atoms with Crippen molar-refractivity contribution < 1.29 is 0 Å². The summed E-state index contributed by atoms with van der Waals surface area (Å²) in [6.07, 6.45) is 0. The maximum absolute atomic E-state index is 2.83. The molecule has 0 bridgehead atoms. The first kappa shape index (κ1) is 31.3. The number of hydrogen-bond acceptors (Lipinski definition) is 0. The van der Waals surface area contributed by atoms with E-state index in [1.807, 2.05) is 0 Å². The summed E-state index contributed by atoms with van der Waals surface area (Å²) in [5, 5.41) is 0. The van der Waals surface area contributed by atoms with Crippen LogP contribution in [0, 0.1) is 0 Å². The van der Waals surface area contributed by atoms with E-state index < -0.39 is 30.4 Å². The number of hydrogen-bond donors (Lipinski definition) is 0. The zero-order valence-electron chi connectivity index (χ0n) is 24.5. The van der Waals surface area contributed by atoms with Crippen molar-refractivity contribution in [3.8, 4) is 0 Å². The van der Waals surface area contributed by atoms with Gasteiger partial charge in [-0.15, -0.1) is 0 Å². The third kappa shape index (κ3) is 5.50. The second-order valence-electron chi connectivity index (χ2n) is 14.0. The van der Waals surface area contributed by atoms with Gasteiger partial charge in [-0.1, -0.05) is 156 Å². The molecule has 0 amide bonds. The van der Waals surface area contributed by atoms with Gasteiger partial charge in [0.1, 0.15) is 0 Å². The topological polar surface area (TPSA) is 0 Å². The minimum Gasteiger partial charge on any atom is -0.0696 e. The molecule has 0 aromatic rings. The number of rotatable bonds is 10. The highest BCUT2D eigenvalue weighted by atomic mass is 30.0. The van der Waals surface area contributed by atoms with E-state index in [1.165, 1.54) is 0 Å². The minimum absolute atomic E-state index is 0.339. The molecule has 0 N–H and O–H groups in total. The molecular weight excluding hydrogens is 457 g/mol. The third-order valence-electron chi connectivity index (χ3n) is 8.35. The van der Waals surface area contributed by atoms with Gasteiger partial charge in [0.25, 0.3) is 0 Å². The highest BCUT2D eigenvalue weighted by molar-refractivity contribution is 7.83. The van der Waals surface area contributed by atoms with Crippen LogP contribution in [0.4, 0.5) is 0 Å². The van der Waals surface area contributed by atoms with Gasteiger partial charge >= 0.3 is 0 Å². The normalized spacial score (nSPS) is 16.0. The Hall–Kier alpha value is 1.30. The second kappa shape index (κ2) is 10.7. The Bertz CT molecular complexity index is 490. The van der Waals surface area contributed by atoms with Gasteiger partial charge in [0.15, 0.2) is 0 Å². The summed E-state index contributed by atoms with van der Waals surface area (Å²) in [5.41, 5.74) is 5.63. The molecule has 30 heavy (non-hydrogen) atoms. The zero-order valence-corrected chi connectivity index (χ0v) is 30.5. The van der Waals surface area contributed by atoms with Crippen molar-refractivity contribution in [3.63, 3.8) is 0 Å². The Morgan fingerprint density at radius 1 is 0.333 bits per heavy atom. The lowest BCUT2D eigenvalue weighted by Gasteiger charge is -2.57. The standard InChI is InChI=1S/C24H60Si6/c1-19(2)29(20(3)4,21(5)6)25(27(13,14)15)26(28(16,17)18)30(22(7)8,23(9)10)24(11)12/h19-24H,1-18H3/b26-25+. The Balaban J connectivity index is 8.32. The summed E-state index contributed by atoms with van der Waals surface area (Å²) in [6.45, 7) is 48.4. The highest BCUT2D eigenvalue weighted by Gasteiger charge is 2.58. The van der Waals surface area contributed by atoms with Crippen molar-refractivity contribution in [3.05, 3.63) is 0 Å². The van der Waals surface area contributed by atoms with Crippen molar-refractivity contribution in [2.24, 2.45) is 0 Å². The fourth-order valence-electron chi connectivity index (χ4n) is 8.21. The molecule has 0 aromatic carbocycles. The first-order valence-electron chi connectivity index (χ1n) is 12.9. The SMILES string of the molecule is CC(C)[Si](C(C)C)(C(C)C)/[Si](=[Si](\[Si](C)(C)C)[Si](C(C)C)(C(C)C)C(C)C)[Si](C)(C)C. The van der Waals surface area contributed by atoms with E-state index in [0.717, 1.165) is 33.2 Å². The zero-order chi connectivity index (χ0) is 24.6. The molecule has 6 heteroatoms. The van der Waals surface area contributed by atoms with Gasteiger partial charge in [-0.25, -0.2) is 0 Å². The minimum atomic E-state index is -1.43. The highest BCUT2D eigenvalue weighted by Crippen LogP contribution is 2.48. The van der Waals surface area contributed by atoms with E-state index in [0.29, 0.717) is 0 Å². The summed E-state index contributed by atoms with van der Waals surface area (Å²) in [5.74, 6) is 0. The lowest BCUT2D eigenvalue weighted by Crippen LogP contribution is -2.76. The lowest BCUT2D eigenvalue weighted by molar-refractivity contribution is 0.844. The Kier molecular flexibility index (Phi) is 11.2. The van der Waals surface area contributed by atoms with Crippen LogP contribution in [0.25, 0.3) is 0 Å². The van der Waals surface area contributed by atoms with Crippen molar-refractivity contribution in [1.29, 1.82) is 0 Å². The van der Waals surface area contributed by atoms with Crippen LogP contribution in [-0.2, 0) is 0 Å². The van der Waals surface area contributed by atoms with E-state index in [9.17, 15) is 0 Å². The largest absolute Gasteiger partial charge is 0.0696 e. The lowest BCUT2D eigenvalue weighted by atomic mass is 10.5. The van der Waals surface area contributed by atoms with Crippen molar-refractivity contribution in [2.75, 3.05) is 0 Å². The molecule has 0 saturated carbocycles. The quantitative estimate of drug-likeness (QED) is 0.253. The van der Waals surface area contributed by atoms with E-state index in [2.05, 4.69) is 122 Å². The summed E-state index contributed by atoms with van der Waals surface area (Å²) in [6, 6.07) is 0. The Labute approximate surface area is 199 Å². The molecule has 0 aliphatic carbocycles. The van der Waals surface area contributed by atoms with Crippen LogP contribution in [0.3, 0.4) is 0 Å². The van der Waals surface area contributed by atoms with Gasteiger partial charge in [0.05, 0.1) is 15.2 Å². The van der Waals surface area contributed by atoms with E-state index in [-0.39, 0.29) is 13.9 Å². The van der Waals surface area contributed by atoms with Crippen LogP contribution in [0.15, 0.2) is 0 Å². The molecular formula is C24H60Si6. The predicted octanol–water partition coefficient (Wildman–Crippen LogP) is 9.40. The molecule has 0 nitrogen and oxygen atoms in total. The van der Waals surface area contributed by atoms with Gasteiger partial charge in [0, 0.05) is 15.2 Å². The van der Waals surface area contributed by atoms with E-state index >= 15 is 0 Å². The molecule has 0 saturated heterocycles. The molecule has 0 aliphatic heterocycles. The molecule has 0 heterocycles. The van der Waals surface area contributed by atoms with Gasteiger partial charge in [-0.3, -0.25) is 0 Å². The predicted molar refractivity (Wildman–Crippen MR) is 160 cm³/mol. The van der Waals surface area contributed by atoms with Crippen molar-refractivity contribution >= 4 is 44.2 Å². The fourth-order valence-corrected chi connectivity index (χ4v) is 190. The van der Waals surface area contributed by atoms with Crippen LogP contribution in [-0.4, -0.2) is 44.2 Å². The van der Waals surface area contributed by atoms with Gasteiger partial charge < -0.3 is 0 Å². The monoisotopic (exact) mass is 516 g/mol. The maximum Gasteiger partial charge on any atom is 0.0638 e. The first-order chi connectivity index (χ1) is 13.1. The smallest absolute Gasteiger partial charge is 0.0638 e. The average molecular weight is 517 g/mol. The van der Waals surface area contributed by atoms with Crippen molar-refractivity contribution in [1.82, 2.24) is 0 Å². The van der Waals surface area contributed by atoms with Crippen LogP contribution in [0.1, 0.15) is 83.1 Å². The molecule has 0 radical (unpaired) electrons. The summed E-state index contributed by atoms with van der Waals surface area (Å²) < 4.78 is 0. The van der Waals surface area contributed by atoms with E-state index in [1.54, 1.807) is 0 Å². The second-order valence-corrected chi connectivity index (χ2v) is 67.4. The van der Waals surface area contributed by atoms with Crippen molar-refractivity contribution in [2.45, 2.75) is 156 Å². The van der Waals surface area contributed by atoms with Gasteiger partial charge in [0.2, 0.25) is 0 Å². The van der Waals surface area contributed by atoms with Gasteiger partial charge in [-0.05, 0) is 13.9 Å². The molecule has 0 spiro atoms. The summed E-state index contributed by atoms with van der Waals surface area (Å²) in [4.78, 5) is 0. The maximum atomic E-state index is 2.83. The molecule has 180 valence electrons. The molecule has 0 rings (SSSR count). The van der Waals surface area contributed by atoms with Crippen LogP contribution in [0.2, 0.25) is 72.5 Å².